The molecule has 5 nitrogen and oxygen atoms in total. The third kappa shape index (κ3) is 4.40. The summed E-state index contributed by atoms with van der Waals surface area (Å²) >= 11 is 0. The van der Waals surface area contributed by atoms with Crippen LogP contribution in [-0.2, 0) is 9.84 Å². The van der Waals surface area contributed by atoms with Crippen LogP contribution in [0.1, 0.15) is 21.2 Å². The molecule has 0 aliphatic heterocycles. The Bertz CT molecular complexity index is 1050. The van der Waals surface area contributed by atoms with Gasteiger partial charge in [0.25, 0.3) is 5.91 Å². The molecule has 0 saturated heterocycles. The summed E-state index contributed by atoms with van der Waals surface area (Å²) in [6, 6.07) is 12.5. The third-order valence-corrected chi connectivity index (χ3v) is 6.24. The minimum absolute atomic E-state index is 0.0706. The van der Waals surface area contributed by atoms with Crippen molar-refractivity contribution in [3.63, 3.8) is 0 Å². The van der Waals surface area contributed by atoms with Crippen LogP contribution >= 0.6 is 0 Å². The van der Waals surface area contributed by atoms with Gasteiger partial charge >= 0.3 is 0 Å². The second-order valence-corrected chi connectivity index (χ2v) is 8.12. The number of pyridine rings is 1. The van der Waals surface area contributed by atoms with Crippen molar-refractivity contribution < 1.29 is 22.0 Å². The van der Waals surface area contributed by atoms with Crippen LogP contribution in [0.5, 0.6) is 0 Å². The van der Waals surface area contributed by atoms with Crippen molar-refractivity contribution in [2.45, 2.75) is 10.1 Å². The molecule has 0 aliphatic rings. The fourth-order valence-corrected chi connectivity index (χ4v) is 4.29. The molecule has 0 bridgehead atoms. The van der Waals surface area contributed by atoms with Crippen LogP contribution in [0.15, 0.2) is 78.0 Å². The van der Waals surface area contributed by atoms with E-state index < -0.39 is 32.6 Å². The van der Waals surface area contributed by atoms with E-state index in [0.29, 0.717) is 5.56 Å². The van der Waals surface area contributed by atoms with E-state index >= 15 is 0 Å². The fraction of sp³-hybridized carbons (Fsp3) is 0.100. The molecule has 3 aromatic rings. The molecule has 0 radical (unpaired) electrons. The molecule has 1 aromatic heterocycles. The van der Waals surface area contributed by atoms with E-state index in [-0.39, 0.29) is 17.0 Å². The van der Waals surface area contributed by atoms with Gasteiger partial charge in [0, 0.05) is 24.5 Å². The zero-order chi connectivity index (χ0) is 20.1. The molecule has 2 aromatic carbocycles. The van der Waals surface area contributed by atoms with Gasteiger partial charge in [0.15, 0.2) is 9.84 Å². The Balaban J connectivity index is 1.88. The molecule has 0 spiro atoms. The van der Waals surface area contributed by atoms with Crippen LogP contribution < -0.4 is 5.32 Å². The van der Waals surface area contributed by atoms with Gasteiger partial charge in [0.05, 0.1) is 4.90 Å². The summed E-state index contributed by atoms with van der Waals surface area (Å²) in [6.45, 7) is -0.235. The predicted octanol–water partition coefficient (Wildman–Crippen LogP) is 3.30. The van der Waals surface area contributed by atoms with Gasteiger partial charge in [-0.1, -0.05) is 6.07 Å². The molecule has 0 aliphatic carbocycles. The highest BCUT2D eigenvalue weighted by molar-refractivity contribution is 7.91. The first-order valence-electron chi connectivity index (χ1n) is 8.31. The second kappa shape index (κ2) is 8.26. The minimum Gasteiger partial charge on any atom is -0.350 e. The maximum absolute atomic E-state index is 13.2. The molecule has 1 heterocycles. The van der Waals surface area contributed by atoms with E-state index in [9.17, 15) is 22.0 Å². The standard InChI is InChI=1S/C20H16F2N2O3S/c21-16-5-3-14(4-6-16)20(25)24-13-19(15-2-1-11-23-12-15)28(26,27)18-9-7-17(22)8-10-18/h1-12,19H,13H2,(H,24,25). The van der Waals surface area contributed by atoms with Crippen molar-refractivity contribution in [1.29, 1.82) is 0 Å². The summed E-state index contributed by atoms with van der Waals surface area (Å²) in [5.74, 6) is -1.58. The van der Waals surface area contributed by atoms with Gasteiger partial charge in [-0.3, -0.25) is 9.78 Å². The van der Waals surface area contributed by atoms with Crippen molar-refractivity contribution in [2.24, 2.45) is 0 Å². The number of amides is 1. The zero-order valence-electron chi connectivity index (χ0n) is 14.5. The van der Waals surface area contributed by atoms with Gasteiger partial charge in [0.1, 0.15) is 16.9 Å². The maximum atomic E-state index is 13.2. The number of benzene rings is 2. The first-order valence-corrected chi connectivity index (χ1v) is 9.86. The number of rotatable bonds is 6. The monoisotopic (exact) mass is 402 g/mol. The summed E-state index contributed by atoms with van der Waals surface area (Å²) in [4.78, 5) is 16.2. The lowest BCUT2D eigenvalue weighted by Crippen LogP contribution is -2.32. The third-order valence-electron chi connectivity index (χ3n) is 4.13. The molecule has 3 rings (SSSR count). The Morgan fingerprint density at radius 2 is 1.57 bits per heavy atom. The van der Waals surface area contributed by atoms with Crippen LogP contribution in [0.25, 0.3) is 0 Å². The number of hydrogen-bond donors (Lipinski definition) is 1. The molecule has 1 N–H and O–H groups in total. The largest absolute Gasteiger partial charge is 0.350 e. The molecular formula is C20H16F2N2O3S. The van der Waals surface area contributed by atoms with Gasteiger partial charge in [-0.25, -0.2) is 17.2 Å². The average Bonchev–Trinajstić information content (AvgIpc) is 2.69. The van der Waals surface area contributed by atoms with Crippen molar-refractivity contribution in [1.82, 2.24) is 10.3 Å². The minimum atomic E-state index is -3.94. The highest BCUT2D eigenvalue weighted by atomic mass is 32.2. The van der Waals surface area contributed by atoms with Gasteiger partial charge in [-0.05, 0) is 60.2 Å². The van der Waals surface area contributed by atoms with E-state index in [1.165, 1.54) is 36.7 Å². The Hall–Kier alpha value is -3.13. The van der Waals surface area contributed by atoms with Crippen LogP contribution in [0, 0.1) is 11.6 Å². The normalized spacial score (nSPS) is 12.4. The summed E-state index contributed by atoms with van der Waals surface area (Å²) in [6.07, 6.45) is 2.90. The van der Waals surface area contributed by atoms with Crippen LogP contribution in [0.4, 0.5) is 8.78 Å². The first-order chi connectivity index (χ1) is 13.4. The number of carbonyl (C=O) groups excluding carboxylic acids is 1. The van der Waals surface area contributed by atoms with E-state index in [0.717, 1.165) is 24.3 Å². The van der Waals surface area contributed by atoms with E-state index in [4.69, 9.17) is 0 Å². The molecular weight excluding hydrogens is 386 g/mol. The lowest BCUT2D eigenvalue weighted by Gasteiger charge is -2.19. The summed E-state index contributed by atoms with van der Waals surface area (Å²) in [5, 5.41) is 1.43. The van der Waals surface area contributed by atoms with E-state index in [1.807, 2.05) is 0 Å². The number of halogens is 2. The van der Waals surface area contributed by atoms with Crippen molar-refractivity contribution >= 4 is 15.7 Å². The van der Waals surface area contributed by atoms with Gasteiger partial charge in [-0.2, -0.15) is 0 Å². The Kier molecular flexibility index (Phi) is 5.79. The van der Waals surface area contributed by atoms with Gasteiger partial charge < -0.3 is 5.32 Å². The molecule has 144 valence electrons. The molecule has 1 amide bonds. The van der Waals surface area contributed by atoms with Crippen molar-refractivity contribution in [2.75, 3.05) is 6.54 Å². The molecule has 8 heteroatoms. The number of nitrogens with one attached hydrogen (secondary N) is 1. The van der Waals surface area contributed by atoms with Crippen LogP contribution in [0.2, 0.25) is 0 Å². The maximum Gasteiger partial charge on any atom is 0.251 e. The summed E-state index contributed by atoms with van der Waals surface area (Å²) in [7, 11) is -3.94. The smallest absolute Gasteiger partial charge is 0.251 e. The SMILES string of the molecule is O=C(NCC(c1cccnc1)S(=O)(=O)c1ccc(F)cc1)c1ccc(F)cc1. The Morgan fingerprint density at radius 1 is 0.964 bits per heavy atom. The number of sulfone groups is 1. The number of hydrogen-bond acceptors (Lipinski definition) is 4. The fourth-order valence-electron chi connectivity index (χ4n) is 2.65. The van der Waals surface area contributed by atoms with Gasteiger partial charge in [0.2, 0.25) is 0 Å². The Morgan fingerprint density at radius 3 is 2.14 bits per heavy atom. The molecule has 0 saturated carbocycles. The summed E-state index contributed by atoms with van der Waals surface area (Å²) in [5.41, 5.74) is 0.580. The van der Waals surface area contributed by atoms with Crippen LogP contribution in [0.3, 0.4) is 0 Å². The Labute approximate surface area is 161 Å². The molecule has 1 unspecified atom stereocenters. The number of aromatic nitrogens is 1. The van der Waals surface area contributed by atoms with Crippen LogP contribution in [-0.4, -0.2) is 25.9 Å². The van der Waals surface area contributed by atoms with Gasteiger partial charge in [-0.15, -0.1) is 0 Å². The molecule has 0 fully saturated rings. The number of carbonyl (C=O) groups is 1. The topological polar surface area (TPSA) is 76.1 Å². The summed E-state index contributed by atoms with van der Waals surface area (Å²) < 4.78 is 52.4. The van der Waals surface area contributed by atoms with E-state index in [2.05, 4.69) is 10.3 Å². The highest BCUT2D eigenvalue weighted by Gasteiger charge is 2.30. The average molecular weight is 402 g/mol. The lowest BCUT2D eigenvalue weighted by molar-refractivity contribution is 0.0953. The number of nitrogens with zero attached hydrogens (tertiary/aromatic N) is 1. The highest BCUT2D eigenvalue weighted by Crippen LogP contribution is 2.28. The van der Waals surface area contributed by atoms with Crippen molar-refractivity contribution in [3.8, 4) is 0 Å². The van der Waals surface area contributed by atoms with E-state index in [1.54, 1.807) is 12.1 Å². The molecule has 1 atom stereocenters. The quantitative estimate of drug-likeness (QED) is 0.642. The second-order valence-electron chi connectivity index (χ2n) is 5.99. The lowest BCUT2D eigenvalue weighted by atomic mass is 10.2. The zero-order valence-corrected chi connectivity index (χ0v) is 15.4. The molecule has 28 heavy (non-hydrogen) atoms. The predicted molar refractivity (Wildman–Crippen MR) is 99.3 cm³/mol. The first kappa shape index (κ1) is 19.6. The van der Waals surface area contributed by atoms with Crippen molar-refractivity contribution in [3.05, 3.63) is 95.8 Å².